The number of hydrogen-bond donors (Lipinski definition) is 1. The van der Waals surface area contributed by atoms with Crippen molar-refractivity contribution in [3.8, 4) is 6.07 Å². The molecule has 0 bridgehead atoms. The maximum Gasteiger partial charge on any atom is 0.265 e. The second-order valence-electron chi connectivity index (χ2n) is 5.26. The Hall–Kier alpha value is -1.78. The molecule has 1 fully saturated rings. The molecule has 7 heteroatoms. The summed E-state index contributed by atoms with van der Waals surface area (Å²) in [5, 5.41) is 10.2. The number of amides is 1. The SMILES string of the molecule is COC1CCN(c2sc(C(=O)N(C)C)c(N)c2C#N)CC1. The Kier molecular flexibility index (Phi) is 4.70. The Balaban J connectivity index is 2.30. The number of carbonyl (C=O) groups is 1. The van der Waals surface area contributed by atoms with Gasteiger partial charge in [-0.3, -0.25) is 4.79 Å². The van der Waals surface area contributed by atoms with E-state index in [9.17, 15) is 10.1 Å². The molecule has 0 radical (unpaired) electrons. The predicted molar refractivity (Wildman–Crippen MR) is 83.7 cm³/mol. The highest BCUT2D eigenvalue weighted by atomic mass is 32.1. The summed E-state index contributed by atoms with van der Waals surface area (Å²) in [4.78, 5) is 16.2. The van der Waals surface area contributed by atoms with Crippen LogP contribution < -0.4 is 10.6 Å². The van der Waals surface area contributed by atoms with Gasteiger partial charge in [0.05, 0.1) is 11.8 Å². The molecule has 0 unspecified atom stereocenters. The molecule has 1 aromatic rings. The third kappa shape index (κ3) is 2.96. The Bertz CT molecular complexity index is 568. The lowest BCUT2D eigenvalue weighted by atomic mass is 10.1. The Morgan fingerprint density at radius 3 is 2.57 bits per heavy atom. The van der Waals surface area contributed by atoms with Gasteiger partial charge in [0.25, 0.3) is 5.91 Å². The van der Waals surface area contributed by atoms with Crippen molar-refractivity contribution in [3.05, 3.63) is 10.4 Å². The van der Waals surface area contributed by atoms with Gasteiger partial charge in [-0.1, -0.05) is 0 Å². The van der Waals surface area contributed by atoms with Gasteiger partial charge in [0.1, 0.15) is 21.5 Å². The van der Waals surface area contributed by atoms with Gasteiger partial charge in [0, 0.05) is 34.3 Å². The van der Waals surface area contributed by atoms with Crippen molar-refractivity contribution in [1.29, 1.82) is 5.26 Å². The number of nitrogens with zero attached hydrogens (tertiary/aromatic N) is 3. The van der Waals surface area contributed by atoms with Gasteiger partial charge in [0.15, 0.2) is 0 Å². The zero-order valence-electron chi connectivity index (χ0n) is 12.5. The van der Waals surface area contributed by atoms with E-state index < -0.39 is 0 Å². The molecule has 1 aliphatic heterocycles. The third-order valence-corrected chi connectivity index (χ3v) is 4.96. The molecule has 2 N–H and O–H groups in total. The quantitative estimate of drug-likeness (QED) is 0.915. The van der Waals surface area contributed by atoms with Crippen LogP contribution in [0.5, 0.6) is 0 Å². The summed E-state index contributed by atoms with van der Waals surface area (Å²) >= 11 is 1.31. The molecule has 2 rings (SSSR count). The molecule has 0 aliphatic carbocycles. The average molecular weight is 308 g/mol. The van der Waals surface area contributed by atoms with Gasteiger partial charge < -0.3 is 20.3 Å². The molecule has 21 heavy (non-hydrogen) atoms. The van der Waals surface area contributed by atoms with E-state index in [-0.39, 0.29) is 12.0 Å². The molecule has 0 aromatic carbocycles. The van der Waals surface area contributed by atoms with E-state index in [1.54, 1.807) is 21.2 Å². The van der Waals surface area contributed by atoms with Gasteiger partial charge in [-0.2, -0.15) is 5.26 Å². The van der Waals surface area contributed by atoms with Crippen LogP contribution in [0, 0.1) is 11.3 Å². The number of rotatable bonds is 3. The smallest absolute Gasteiger partial charge is 0.265 e. The Labute approximate surface area is 128 Å². The zero-order valence-corrected chi connectivity index (χ0v) is 13.4. The first-order valence-corrected chi connectivity index (χ1v) is 7.63. The summed E-state index contributed by atoms with van der Waals surface area (Å²) in [6.45, 7) is 1.62. The molecule has 1 amide bonds. The van der Waals surface area contributed by atoms with Crippen LogP contribution in [0.2, 0.25) is 0 Å². The average Bonchev–Trinajstić information content (AvgIpc) is 2.83. The lowest BCUT2D eigenvalue weighted by Gasteiger charge is -2.32. The van der Waals surface area contributed by atoms with E-state index in [1.165, 1.54) is 16.2 Å². The van der Waals surface area contributed by atoms with Crippen LogP contribution >= 0.6 is 11.3 Å². The van der Waals surface area contributed by atoms with Crippen LogP contribution in [-0.4, -0.2) is 51.2 Å². The van der Waals surface area contributed by atoms with Crippen molar-refractivity contribution in [2.24, 2.45) is 0 Å². The zero-order chi connectivity index (χ0) is 15.6. The molecule has 1 aromatic heterocycles. The first-order valence-electron chi connectivity index (χ1n) is 6.81. The van der Waals surface area contributed by atoms with Crippen molar-refractivity contribution in [2.45, 2.75) is 18.9 Å². The predicted octanol–water partition coefficient (Wildman–Crippen LogP) is 1.52. The monoisotopic (exact) mass is 308 g/mol. The number of nitrogen functional groups attached to an aromatic ring is 1. The minimum Gasteiger partial charge on any atom is -0.396 e. The molecule has 0 spiro atoms. The van der Waals surface area contributed by atoms with E-state index >= 15 is 0 Å². The largest absolute Gasteiger partial charge is 0.396 e. The maximum absolute atomic E-state index is 12.1. The van der Waals surface area contributed by atoms with E-state index in [4.69, 9.17) is 10.5 Å². The van der Waals surface area contributed by atoms with E-state index in [0.717, 1.165) is 30.9 Å². The first kappa shape index (κ1) is 15.6. The summed E-state index contributed by atoms with van der Waals surface area (Å²) in [5.41, 5.74) is 6.72. The highest BCUT2D eigenvalue weighted by Crippen LogP contribution is 2.39. The van der Waals surface area contributed by atoms with E-state index in [1.807, 2.05) is 0 Å². The number of nitrogens with two attached hydrogens (primary N) is 1. The molecule has 1 saturated heterocycles. The fraction of sp³-hybridized carbons (Fsp3) is 0.571. The highest BCUT2D eigenvalue weighted by Gasteiger charge is 2.27. The number of nitriles is 1. The van der Waals surface area contributed by atoms with Gasteiger partial charge in [-0.25, -0.2) is 0 Å². The molecule has 1 aliphatic rings. The van der Waals surface area contributed by atoms with Crippen molar-refractivity contribution >= 4 is 27.9 Å². The van der Waals surface area contributed by atoms with Gasteiger partial charge >= 0.3 is 0 Å². The highest BCUT2D eigenvalue weighted by molar-refractivity contribution is 7.19. The molecule has 2 heterocycles. The van der Waals surface area contributed by atoms with Crippen LogP contribution in [0.25, 0.3) is 0 Å². The van der Waals surface area contributed by atoms with Crippen molar-refractivity contribution in [3.63, 3.8) is 0 Å². The number of carbonyl (C=O) groups excluding carboxylic acids is 1. The molecular formula is C14H20N4O2S. The fourth-order valence-electron chi connectivity index (χ4n) is 2.42. The van der Waals surface area contributed by atoms with Crippen LogP contribution in [0.4, 0.5) is 10.7 Å². The summed E-state index contributed by atoms with van der Waals surface area (Å²) in [5.74, 6) is -0.160. The lowest BCUT2D eigenvalue weighted by Crippen LogP contribution is -2.36. The van der Waals surface area contributed by atoms with Crippen LogP contribution in [-0.2, 0) is 4.74 Å². The summed E-state index contributed by atoms with van der Waals surface area (Å²) in [6, 6.07) is 2.14. The van der Waals surface area contributed by atoms with Crippen molar-refractivity contribution < 1.29 is 9.53 Å². The van der Waals surface area contributed by atoms with E-state index in [0.29, 0.717) is 16.1 Å². The maximum atomic E-state index is 12.1. The van der Waals surface area contributed by atoms with Crippen LogP contribution in [0.1, 0.15) is 28.1 Å². The van der Waals surface area contributed by atoms with Gasteiger partial charge in [-0.05, 0) is 12.8 Å². The molecule has 114 valence electrons. The number of hydrogen-bond acceptors (Lipinski definition) is 6. The molecule has 0 saturated carbocycles. The number of anilines is 2. The first-order chi connectivity index (χ1) is 9.99. The number of thiophene rings is 1. The molecular weight excluding hydrogens is 288 g/mol. The molecule has 6 nitrogen and oxygen atoms in total. The topological polar surface area (TPSA) is 82.6 Å². The lowest BCUT2D eigenvalue weighted by molar-refractivity contribution is 0.0819. The Morgan fingerprint density at radius 2 is 2.10 bits per heavy atom. The third-order valence-electron chi connectivity index (χ3n) is 3.70. The number of piperidine rings is 1. The normalized spacial score (nSPS) is 15.8. The second-order valence-corrected chi connectivity index (χ2v) is 6.26. The second kappa shape index (κ2) is 6.33. The van der Waals surface area contributed by atoms with Gasteiger partial charge in [0.2, 0.25) is 0 Å². The fourth-order valence-corrected chi connectivity index (χ4v) is 3.66. The summed E-state index contributed by atoms with van der Waals surface area (Å²) in [7, 11) is 5.08. The van der Waals surface area contributed by atoms with Crippen LogP contribution in [0.3, 0.4) is 0 Å². The number of methoxy groups -OCH3 is 1. The summed E-state index contributed by atoms with van der Waals surface area (Å²) < 4.78 is 5.36. The van der Waals surface area contributed by atoms with Gasteiger partial charge in [-0.15, -0.1) is 11.3 Å². The van der Waals surface area contributed by atoms with Crippen molar-refractivity contribution in [2.75, 3.05) is 44.9 Å². The minimum absolute atomic E-state index is 0.160. The standard InChI is InChI=1S/C14H20N4O2S/c1-17(2)13(19)12-11(16)10(8-15)14(21-12)18-6-4-9(20-3)5-7-18/h9H,4-7,16H2,1-3H3. The summed E-state index contributed by atoms with van der Waals surface area (Å²) in [6.07, 6.45) is 2.10. The molecule has 0 atom stereocenters. The number of ether oxygens (including phenoxy) is 1. The Morgan fingerprint density at radius 1 is 1.48 bits per heavy atom. The minimum atomic E-state index is -0.160. The van der Waals surface area contributed by atoms with E-state index in [2.05, 4.69) is 11.0 Å². The van der Waals surface area contributed by atoms with Crippen molar-refractivity contribution in [1.82, 2.24) is 4.90 Å². The van der Waals surface area contributed by atoms with Crippen LogP contribution in [0.15, 0.2) is 0 Å².